The van der Waals surface area contributed by atoms with Crippen molar-refractivity contribution < 1.29 is 0 Å². The largest absolute Gasteiger partial charge is 0.296 e. The van der Waals surface area contributed by atoms with Gasteiger partial charge in [-0.2, -0.15) is 0 Å². The molecule has 1 heteroatoms. The Morgan fingerprint density at radius 2 is 1.92 bits per heavy atom. The van der Waals surface area contributed by atoms with Gasteiger partial charge in [0.15, 0.2) is 0 Å². The molecule has 0 unspecified atom stereocenters. The maximum atomic E-state index is 4.03. The smallest absolute Gasteiger partial charge is 0.0281 e. The minimum atomic E-state index is 1.24. The van der Waals surface area contributed by atoms with Crippen LogP contribution in [0.5, 0.6) is 0 Å². The van der Waals surface area contributed by atoms with E-state index in [1.54, 1.807) is 5.56 Å². The molecule has 1 aromatic rings. The van der Waals surface area contributed by atoms with E-state index in [0.717, 1.165) is 0 Å². The maximum absolute atomic E-state index is 4.03. The first-order valence-corrected chi connectivity index (χ1v) is 4.94. The van der Waals surface area contributed by atoms with Crippen LogP contribution in [0.4, 0.5) is 0 Å². The number of rotatable bonds is 1. The molecule has 1 aliphatic carbocycles. The van der Waals surface area contributed by atoms with Gasteiger partial charge in [0.25, 0.3) is 0 Å². The molecule has 0 N–H and O–H groups in total. The first-order valence-electron chi connectivity index (χ1n) is 4.94. The number of hydrogen-bond acceptors (Lipinski definition) is 1. The van der Waals surface area contributed by atoms with E-state index in [0.29, 0.717) is 0 Å². The number of nitrogens with zero attached hydrogens (tertiary/aromatic N) is 1. The number of aliphatic imine (C=N–C) groups is 1. The summed E-state index contributed by atoms with van der Waals surface area (Å²) in [6, 6.07) is 6.70. The molecule has 0 aromatic heterocycles. The summed E-state index contributed by atoms with van der Waals surface area (Å²) in [5.74, 6) is 0. The summed E-state index contributed by atoms with van der Waals surface area (Å²) in [6.07, 6.45) is 7.14. The van der Waals surface area contributed by atoms with Crippen molar-refractivity contribution in [2.75, 3.05) is 7.05 Å². The minimum Gasteiger partial charge on any atom is -0.296 e. The Morgan fingerprint density at radius 1 is 1.15 bits per heavy atom. The molecule has 0 spiro atoms. The summed E-state index contributed by atoms with van der Waals surface area (Å²) < 4.78 is 0. The molecule has 2 rings (SSSR count). The van der Waals surface area contributed by atoms with Gasteiger partial charge in [-0.3, -0.25) is 4.99 Å². The van der Waals surface area contributed by atoms with E-state index in [1.165, 1.54) is 36.8 Å². The molecule has 1 aliphatic rings. The van der Waals surface area contributed by atoms with E-state index in [1.807, 2.05) is 13.3 Å². The van der Waals surface area contributed by atoms with E-state index in [2.05, 4.69) is 23.2 Å². The quantitative estimate of drug-likeness (QED) is 0.579. The topological polar surface area (TPSA) is 12.4 Å². The van der Waals surface area contributed by atoms with E-state index < -0.39 is 0 Å². The predicted octanol–water partition coefficient (Wildman–Crippen LogP) is 2.61. The third-order valence-corrected chi connectivity index (χ3v) is 2.65. The lowest BCUT2D eigenvalue weighted by atomic mass is 9.90. The van der Waals surface area contributed by atoms with Gasteiger partial charge in [-0.05, 0) is 48.4 Å². The van der Waals surface area contributed by atoms with Crippen molar-refractivity contribution in [3.8, 4) is 0 Å². The minimum absolute atomic E-state index is 1.24. The van der Waals surface area contributed by atoms with Crippen molar-refractivity contribution in [3.63, 3.8) is 0 Å². The summed E-state index contributed by atoms with van der Waals surface area (Å²) in [5.41, 5.74) is 4.31. The second kappa shape index (κ2) is 3.73. The van der Waals surface area contributed by atoms with Crippen LogP contribution in [0.1, 0.15) is 29.5 Å². The summed E-state index contributed by atoms with van der Waals surface area (Å²) in [5, 5.41) is 0. The molecule has 0 atom stereocenters. The number of hydrogen-bond donors (Lipinski definition) is 0. The Balaban J connectivity index is 2.35. The van der Waals surface area contributed by atoms with Crippen LogP contribution in [0.3, 0.4) is 0 Å². The summed E-state index contributed by atoms with van der Waals surface area (Å²) >= 11 is 0. The van der Waals surface area contributed by atoms with Gasteiger partial charge < -0.3 is 0 Å². The van der Waals surface area contributed by atoms with Gasteiger partial charge in [0, 0.05) is 13.3 Å². The fraction of sp³-hybridized carbons (Fsp3) is 0.417. The van der Waals surface area contributed by atoms with Gasteiger partial charge in [-0.25, -0.2) is 0 Å². The van der Waals surface area contributed by atoms with Crippen LogP contribution >= 0.6 is 0 Å². The fourth-order valence-corrected chi connectivity index (χ4v) is 1.98. The van der Waals surface area contributed by atoms with Crippen molar-refractivity contribution >= 4 is 6.21 Å². The Labute approximate surface area is 79.5 Å². The lowest BCUT2D eigenvalue weighted by Crippen LogP contribution is -2.02. The summed E-state index contributed by atoms with van der Waals surface area (Å²) in [7, 11) is 1.82. The lowest BCUT2D eigenvalue weighted by Gasteiger charge is -2.15. The van der Waals surface area contributed by atoms with Crippen LogP contribution in [-0.4, -0.2) is 13.3 Å². The third-order valence-electron chi connectivity index (χ3n) is 2.65. The number of benzene rings is 1. The van der Waals surface area contributed by atoms with Crippen molar-refractivity contribution in [3.05, 3.63) is 34.9 Å². The van der Waals surface area contributed by atoms with Gasteiger partial charge in [-0.1, -0.05) is 12.1 Å². The molecule has 0 aliphatic heterocycles. The average Bonchev–Trinajstić information content (AvgIpc) is 2.18. The highest BCUT2D eigenvalue weighted by Gasteiger charge is 2.08. The molecular weight excluding hydrogens is 158 g/mol. The third kappa shape index (κ3) is 1.80. The van der Waals surface area contributed by atoms with Gasteiger partial charge in [0.05, 0.1) is 0 Å². The van der Waals surface area contributed by atoms with E-state index in [4.69, 9.17) is 0 Å². The molecule has 13 heavy (non-hydrogen) atoms. The van der Waals surface area contributed by atoms with Gasteiger partial charge in [0.2, 0.25) is 0 Å². The summed E-state index contributed by atoms with van der Waals surface area (Å²) in [4.78, 5) is 4.03. The molecule has 0 heterocycles. The standard InChI is InChI=1S/C12H15N/c1-13-9-10-6-7-11-4-2-3-5-12(11)8-10/h6-9H,2-5H2,1H3. The summed E-state index contributed by atoms with van der Waals surface area (Å²) in [6.45, 7) is 0. The van der Waals surface area contributed by atoms with Crippen LogP contribution in [0.25, 0.3) is 0 Å². The number of aryl methyl sites for hydroxylation is 2. The normalized spacial score (nSPS) is 16.1. The molecule has 1 aromatic carbocycles. The van der Waals surface area contributed by atoms with Crippen molar-refractivity contribution in [1.29, 1.82) is 0 Å². The molecule has 0 saturated carbocycles. The predicted molar refractivity (Wildman–Crippen MR) is 56.6 cm³/mol. The molecule has 68 valence electrons. The molecule has 0 bridgehead atoms. The van der Waals surface area contributed by atoms with Gasteiger partial charge in [-0.15, -0.1) is 0 Å². The highest BCUT2D eigenvalue weighted by Crippen LogP contribution is 2.21. The van der Waals surface area contributed by atoms with Crippen LogP contribution in [0.2, 0.25) is 0 Å². The zero-order chi connectivity index (χ0) is 9.10. The average molecular weight is 173 g/mol. The van der Waals surface area contributed by atoms with E-state index in [-0.39, 0.29) is 0 Å². The first kappa shape index (κ1) is 8.49. The molecule has 0 fully saturated rings. The molecular formula is C12H15N. The van der Waals surface area contributed by atoms with E-state index >= 15 is 0 Å². The second-order valence-corrected chi connectivity index (χ2v) is 3.62. The Morgan fingerprint density at radius 3 is 2.69 bits per heavy atom. The SMILES string of the molecule is CN=Cc1ccc2c(c1)CCCC2. The van der Waals surface area contributed by atoms with Crippen molar-refractivity contribution in [2.24, 2.45) is 4.99 Å². The lowest BCUT2D eigenvalue weighted by molar-refractivity contribution is 0.685. The maximum Gasteiger partial charge on any atom is 0.0281 e. The van der Waals surface area contributed by atoms with Crippen molar-refractivity contribution in [1.82, 2.24) is 0 Å². The van der Waals surface area contributed by atoms with Crippen LogP contribution < -0.4 is 0 Å². The molecule has 0 saturated heterocycles. The second-order valence-electron chi connectivity index (χ2n) is 3.62. The zero-order valence-electron chi connectivity index (χ0n) is 8.09. The first-order chi connectivity index (χ1) is 6.40. The highest BCUT2D eigenvalue weighted by molar-refractivity contribution is 5.79. The Bertz CT molecular complexity index is 326. The van der Waals surface area contributed by atoms with Crippen LogP contribution in [0.15, 0.2) is 23.2 Å². The van der Waals surface area contributed by atoms with Crippen LogP contribution in [0, 0.1) is 0 Å². The molecule has 1 nitrogen and oxygen atoms in total. The monoisotopic (exact) mass is 173 g/mol. The Hall–Kier alpha value is -1.11. The van der Waals surface area contributed by atoms with Crippen LogP contribution in [-0.2, 0) is 12.8 Å². The molecule has 0 amide bonds. The zero-order valence-corrected chi connectivity index (χ0v) is 8.09. The highest BCUT2D eigenvalue weighted by atomic mass is 14.6. The van der Waals surface area contributed by atoms with Gasteiger partial charge in [0.1, 0.15) is 0 Å². The molecule has 0 radical (unpaired) electrons. The fourth-order valence-electron chi connectivity index (χ4n) is 1.98. The Kier molecular flexibility index (Phi) is 2.44. The van der Waals surface area contributed by atoms with E-state index in [9.17, 15) is 0 Å². The van der Waals surface area contributed by atoms with Crippen molar-refractivity contribution in [2.45, 2.75) is 25.7 Å². The number of fused-ring (bicyclic) bond motifs is 1. The van der Waals surface area contributed by atoms with Gasteiger partial charge >= 0.3 is 0 Å².